The van der Waals surface area contributed by atoms with Crippen LogP contribution in [0.25, 0.3) is 4.98 Å². The van der Waals surface area contributed by atoms with Crippen molar-refractivity contribution in [2.45, 2.75) is 0 Å². The maximum Gasteiger partial charge on any atom is 0.385 e. The molecular formula is C12H10F6N3P. The van der Waals surface area contributed by atoms with Crippen molar-refractivity contribution >= 4 is 24.9 Å². The van der Waals surface area contributed by atoms with Gasteiger partial charge in [0.1, 0.15) is 0 Å². The number of anilines is 2. The van der Waals surface area contributed by atoms with Crippen LogP contribution >= 0.6 is 7.81 Å². The Hall–Kier alpha value is -2.33. The van der Waals surface area contributed by atoms with Crippen LogP contribution in [0.15, 0.2) is 54.6 Å². The molecule has 0 aliphatic carbocycles. The van der Waals surface area contributed by atoms with Crippen LogP contribution in [0.3, 0.4) is 0 Å². The number of hydrogen-bond acceptors (Lipinski definition) is 2. The molecule has 1 N–H and O–H groups in total. The van der Waals surface area contributed by atoms with E-state index < -0.39 is 7.81 Å². The standard InChI is InChI=1S/C12H10N3.F6P/c13-15-12-8-6-11(7-9-12)14-10-4-2-1-3-5-10;1-7(2,3,4,5)6/h1-9,14H;/q+1;-1. The summed E-state index contributed by atoms with van der Waals surface area (Å²) in [6.45, 7) is 0. The number of nitrogens with one attached hydrogen (secondary N) is 1. The summed E-state index contributed by atoms with van der Waals surface area (Å²) in [4.78, 5) is 3.09. The van der Waals surface area contributed by atoms with Gasteiger partial charge >= 0.3 is 38.7 Å². The van der Waals surface area contributed by atoms with Gasteiger partial charge in [-0.05, 0) is 24.3 Å². The molecule has 2 rings (SSSR count). The smallest absolute Gasteiger partial charge is 0.356 e. The molecule has 0 aromatic heterocycles. The van der Waals surface area contributed by atoms with E-state index in [9.17, 15) is 25.2 Å². The van der Waals surface area contributed by atoms with E-state index in [1.807, 2.05) is 42.5 Å². The van der Waals surface area contributed by atoms with E-state index in [1.165, 1.54) is 0 Å². The predicted molar refractivity (Wildman–Crippen MR) is 74.5 cm³/mol. The Kier molecular flexibility index (Phi) is 4.40. The maximum absolute atomic E-state index is 10.7. The Morgan fingerprint density at radius 3 is 1.55 bits per heavy atom. The molecule has 0 unspecified atom stereocenters. The largest absolute Gasteiger partial charge is 0.385 e. The first kappa shape index (κ1) is 17.7. The van der Waals surface area contributed by atoms with Crippen LogP contribution in [-0.4, -0.2) is 0 Å². The van der Waals surface area contributed by atoms with Crippen LogP contribution < -0.4 is 5.32 Å². The molecule has 0 radical (unpaired) electrons. The second kappa shape index (κ2) is 5.46. The predicted octanol–water partition coefficient (Wildman–Crippen LogP) is 7.30. The summed E-state index contributed by atoms with van der Waals surface area (Å²) in [7, 11) is -10.7. The molecule has 22 heavy (non-hydrogen) atoms. The number of hydrogen-bond donors (Lipinski definition) is 1. The monoisotopic (exact) mass is 341 g/mol. The maximum atomic E-state index is 9.87. The molecule has 0 aliphatic heterocycles. The average Bonchev–Trinajstić information content (AvgIpc) is 2.37. The summed E-state index contributed by atoms with van der Waals surface area (Å²) in [6.07, 6.45) is 0. The summed E-state index contributed by atoms with van der Waals surface area (Å²) in [5, 5.41) is 11.8. The van der Waals surface area contributed by atoms with Gasteiger partial charge in [0.15, 0.2) is 4.98 Å². The Morgan fingerprint density at radius 1 is 0.727 bits per heavy atom. The summed E-state index contributed by atoms with van der Waals surface area (Å²) in [5.74, 6) is 0. The minimum Gasteiger partial charge on any atom is -0.356 e. The third-order valence-electron chi connectivity index (χ3n) is 2.05. The van der Waals surface area contributed by atoms with E-state index in [4.69, 9.17) is 5.39 Å². The molecule has 0 saturated heterocycles. The summed E-state index contributed by atoms with van der Waals surface area (Å²) >= 11 is 0. The Bertz CT molecular complexity index is 650. The van der Waals surface area contributed by atoms with Crippen molar-refractivity contribution in [3.05, 3.63) is 59.6 Å². The average molecular weight is 341 g/mol. The van der Waals surface area contributed by atoms with Gasteiger partial charge in [0.05, 0.1) is 0 Å². The number of diazo groups is 1. The van der Waals surface area contributed by atoms with Gasteiger partial charge in [-0.15, -0.1) is 0 Å². The summed E-state index contributed by atoms with van der Waals surface area (Å²) in [5.41, 5.74) is 2.55. The minimum atomic E-state index is -10.7. The van der Waals surface area contributed by atoms with Crippen LogP contribution in [-0.2, 0) is 0 Å². The molecule has 2 aromatic rings. The first-order valence-electron chi connectivity index (χ1n) is 5.67. The van der Waals surface area contributed by atoms with Crippen LogP contribution in [0.4, 0.5) is 42.2 Å². The van der Waals surface area contributed by atoms with Crippen LogP contribution in [0, 0.1) is 5.39 Å². The van der Waals surface area contributed by atoms with E-state index in [0.29, 0.717) is 5.69 Å². The molecular weight excluding hydrogens is 331 g/mol. The molecule has 0 aliphatic rings. The van der Waals surface area contributed by atoms with Crippen LogP contribution in [0.2, 0.25) is 0 Å². The summed E-state index contributed by atoms with van der Waals surface area (Å²) < 4.78 is 59.2. The SMILES string of the molecule is F[P-](F)(F)(F)(F)F.N#[N+]c1ccc(Nc2ccccc2)cc1. The molecule has 0 amide bonds. The fourth-order valence-electron chi connectivity index (χ4n) is 1.30. The second-order valence-corrected chi connectivity index (χ2v) is 6.01. The fraction of sp³-hybridized carbons (Fsp3) is 0. The van der Waals surface area contributed by atoms with Crippen molar-refractivity contribution in [3.63, 3.8) is 0 Å². The van der Waals surface area contributed by atoms with Crippen molar-refractivity contribution in [1.29, 1.82) is 5.39 Å². The zero-order valence-electron chi connectivity index (χ0n) is 10.8. The van der Waals surface area contributed by atoms with Gasteiger partial charge in [-0.3, -0.25) is 0 Å². The van der Waals surface area contributed by atoms with Gasteiger partial charge in [-0.1, -0.05) is 18.2 Å². The van der Waals surface area contributed by atoms with Gasteiger partial charge in [0.2, 0.25) is 5.39 Å². The quantitative estimate of drug-likeness (QED) is 0.354. The molecule has 0 saturated carbocycles. The molecule has 3 nitrogen and oxygen atoms in total. The number of para-hydroxylation sites is 1. The topological polar surface area (TPSA) is 40.2 Å². The van der Waals surface area contributed by atoms with Crippen molar-refractivity contribution in [2.75, 3.05) is 5.32 Å². The number of nitrogens with zero attached hydrogens (tertiary/aromatic N) is 2. The third kappa shape index (κ3) is 10.5. The van der Waals surface area contributed by atoms with E-state index in [-0.39, 0.29) is 0 Å². The van der Waals surface area contributed by atoms with Gasteiger partial charge < -0.3 is 5.32 Å². The van der Waals surface area contributed by atoms with Gasteiger partial charge in [-0.2, -0.15) is 0 Å². The molecule has 0 fully saturated rings. The molecule has 10 heteroatoms. The normalized spacial score (nSPS) is 13.7. The Labute approximate surface area is 121 Å². The van der Waals surface area contributed by atoms with E-state index in [2.05, 4.69) is 10.3 Å². The fourth-order valence-corrected chi connectivity index (χ4v) is 1.30. The Balaban J connectivity index is 0.000000295. The third-order valence-corrected chi connectivity index (χ3v) is 2.05. The van der Waals surface area contributed by atoms with Crippen molar-refractivity contribution in [3.8, 4) is 0 Å². The number of rotatable bonds is 2. The van der Waals surface area contributed by atoms with E-state index >= 15 is 0 Å². The van der Waals surface area contributed by atoms with Crippen LogP contribution in [0.5, 0.6) is 0 Å². The summed E-state index contributed by atoms with van der Waals surface area (Å²) in [6, 6.07) is 17.1. The molecule has 0 bridgehead atoms. The molecule has 0 spiro atoms. The molecule has 120 valence electrons. The van der Waals surface area contributed by atoms with Gasteiger partial charge in [-0.25, -0.2) is 0 Å². The first-order chi connectivity index (χ1) is 9.83. The minimum absolute atomic E-state index is 0.550. The second-order valence-electron chi connectivity index (χ2n) is 4.10. The molecule has 2 aromatic carbocycles. The van der Waals surface area contributed by atoms with Crippen molar-refractivity contribution in [2.24, 2.45) is 0 Å². The Morgan fingerprint density at radius 2 is 1.14 bits per heavy atom. The molecule has 0 atom stereocenters. The number of benzene rings is 2. The van der Waals surface area contributed by atoms with E-state index in [0.717, 1.165) is 11.4 Å². The first-order valence-corrected chi connectivity index (χ1v) is 7.70. The van der Waals surface area contributed by atoms with Gasteiger partial charge in [0, 0.05) is 23.5 Å². The zero-order valence-corrected chi connectivity index (χ0v) is 11.7. The zero-order chi connectivity index (χ0) is 16.9. The number of halogens is 6. The van der Waals surface area contributed by atoms with Crippen molar-refractivity contribution in [1.82, 2.24) is 0 Å². The van der Waals surface area contributed by atoms with Crippen LogP contribution in [0.1, 0.15) is 0 Å². The van der Waals surface area contributed by atoms with E-state index in [1.54, 1.807) is 12.1 Å². The molecule has 0 heterocycles. The van der Waals surface area contributed by atoms with Crippen molar-refractivity contribution < 1.29 is 25.2 Å². The van der Waals surface area contributed by atoms with Gasteiger partial charge in [0.25, 0.3) is 0 Å².